The smallest absolute Gasteiger partial charge is 0.255 e. The third kappa shape index (κ3) is 3.15. The highest BCUT2D eigenvalue weighted by molar-refractivity contribution is 9.10. The van der Waals surface area contributed by atoms with Crippen LogP contribution in [0.3, 0.4) is 0 Å². The molecule has 1 saturated heterocycles. The first-order valence-corrected chi connectivity index (χ1v) is 7.07. The van der Waals surface area contributed by atoms with Gasteiger partial charge in [-0.1, -0.05) is 27.5 Å². The first-order chi connectivity index (χ1) is 8.08. The maximum Gasteiger partial charge on any atom is 0.255 e. The first-order valence-electron chi connectivity index (χ1n) is 5.46. The summed E-state index contributed by atoms with van der Waals surface area (Å²) in [5, 5.41) is 0.531. The van der Waals surface area contributed by atoms with E-state index in [4.69, 9.17) is 23.2 Å². The van der Waals surface area contributed by atoms with Crippen LogP contribution in [0.25, 0.3) is 0 Å². The largest absolute Gasteiger partial charge is 0.337 e. The molecule has 1 aliphatic heterocycles. The summed E-state index contributed by atoms with van der Waals surface area (Å²) in [7, 11) is 0. The molecule has 92 valence electrons. The molecule has 1 heterocycles. The van der Waals surface area contributed by atoms with Crippen LogP contribution in [0.4, 0.5) is 0 Å². The number of hydrogen-bond acceptors (Lipinski definition) is 1. The fourth-order valence-corrected chi connectivity index (χ4v) is 3.02. The van der Waals surface area contributed by atoms with Gasteiger partial charge in [0, 0.05) is 17.6 Å². The van der Waals surface area contributed by atoms with E-state index in [2.05, 4.69) is 15.9 Å². The molecule has 1 aliphatic rings. The second-order valence-corrected chi connectivity index (χ2v) is 6.05. The Bertz CT molecular complexity index is 439. The van der Waals surface area contributed by atoms with Gasteiger partial charge in [0.2, 0.25) is 0 Å². The number of alkyl halides is 1. The van der Waals surface area contributed by atoms with Gasteiger partial charge in [-0.15, -0.1) is 11.6 Å². The van der Waals surface area contributed by atoms with Crippen molar-refractivity contribution in [1.29, 1.82) is 0 Å². The lowest BCUT2D eigenvalue weighted by molar-refractivity contribution is 0.0727. The minimum atomic E-state index is -0.0344. The van der Waals surface area contributed by atoms with E-state index in [1.807, 2.05) is 6.07 Å². The van der Waals surface area contributed by atoms with Crippen LogP contribution in [-0.2, 0) is 0 Å². The zero-order chi connectivity index (χ0) is 12.4. The number of piperidine rings is 1. The average Bonchev–Trinajstić information content (AvgIpc) is 2.28. The lowest BCUT2D eigenvalue weighted by atomic mass is 10.1. The summed E-state index contributed by atoms with van der Waals surface area (Å²) in [4.78, 5) is 14.0. The van der Waals surface area contributed by atoms with Crippen molar-refractivity contribution in [3.8, 4) is 0 Å². The van der Waals surface area contributed by atoms with Crippen LogP contribution in [0.2, 0.25) is 5.02 Å². The van der Waals surface area contributed by atoms with Gasteiger partial charge in [-0.3, -0.25) is 4.79 Å². The Labute approximate surface area is 119 Å². The van der Waals surface area contributed by atoms with Gasteiger partial charge in [-0.2, -0.15) is 0 Å². The molecule has 1 fully saturated rings. The van der Waals surface area contributed by atoms with Crippen LogP contribution >= 0.6 is 39.1 Å². The Morgan fingerprint density at radius 3 is 2.88 bits per heavy atom. The Hall–Kier alpha value is -0.250. The molecule has 2 nitrogen and oxygen atoms in total. The number of carbonyl (C=O) groups is 1. The molecule has 1 amide bonds. The van der Waals surface area contributed by atoms with Gasteiger partial charge >= 0.3 is 0 Å². The molecule has 1 aromatic rings. The minimum absolute atomic E-state index is 0.0344. The van der Waals surface area contributed by atoms with Crippen molar-refractivity contribution in [1.82, 2.24) is 4.90 Å². The molecule has 1 atom stereocenters. The van der Waals surface area contributed by atoms with Crippen molar-refractivity contribution in [3.05, 3.63) is 33.3 Å². The summed E-state index contributed by atoms with van der Waals surface area (Å²) in [6.07, 6.45) is 1.92. The fourth-order valence-electron chi connectivity index (χ4n) is 1.94. The summed E-state index contributed by atoms with van der Waals surface area (Å²) < 4.78 is 0.868. The third-order valence-corrected chi connectivity index (χ3v) is 3.97. The van der Waals surface area contributed by atoms with E-state index in [0.29, 0.717) is 17.1 Å². The maximum atomic E-state index is 12.2. The molecule has 0 radical (unpaired) electrons. The van der Waals surface area contributed by atoms with Gasteiger partial charge in [-0.05, 0) is 31.0 Å². The average molecular weight is 337 g/mol. The monoisotopic (exact) mass is 335 g/mol. The number of halogens is 3. The van der Waals surface area contributed by atoms with Gasteiger partial charge in [0.05, 0.1) is 16.0 Å². The quantitative estimate of drug-likeness (QED) is 0.711. The molecule has 0 bridgehead atoms. The van der Waals surface area contributed by atoms with Gasteiger partial charge in [0.1, 0.15) is 0 Å². The number of benzene rings is 1. The maximum absolute atomic E-state index is 12.2. The third-order valence-electron chi connectivity index (χ3n) is 2.81. The van der Waals surface area contributed by atoms with Crippen molar-refractivity contribution >= 4 is 45.0 Å². The molecule has 1 aromatic carbocycles. The molecule has 0 aliphatic carbocycles. The summed E-state index contributed by atoms with van der Waals surface area (Å²) in [6, 6.07) is 5.30. The Balaban J connectivity index is 2.18. The first kappa shape index (κ1) is 13.2. The van der Waals surface area contributed by atoms with Gasteiger partial charge in [0.25, 0.3) is 5.91 Å². The number of rotatable bonds is 1. The number of carbonyl (C=O) groups excluding carboxylic acids is 1. The molecule has 0 spiro atoms. The van der Waals surface area contributed by atoms with E-state index in [9.17, 15) is 4.79 Å². The molecule has 2 rings (SSSR count). The van der Waals surface area contributed by atoms with E-state index >= 15 is 0 Å². The second kappa shape index (κ2) is 5.59. The van der Waals surface area contributed by atoms with Gasteiger partial charge in [0.15, 0.2) is 0 Å². The minimum Gasteiger partial charge on any atom is -0.337 e. The zero-order valence-corrected chi connectivity index (χ0v) is 12.2. The number of amides is 1. The second-order valence-electron chi connectivity index (χ2n) is 4.11. The van der Waals surface area contributed by atoms with Crippen molar-refractivity contribution in [2.45, 2.75) is 18.2 Å². The van der Waals surface area contributed by atoms with Crippen LogP contribution in [0, 0.1) is 0 Å². The summed E-state index contributed by atoms with van der Waals surface area (Å²) in [6.45, 7) is 1.36. The topological polar surface area (TPSA) is 20.3 Å². The van der Waals surface area contributed by atoms with Crippen LogP contribution in [-0.4, -0.2) is 29.3 Å². The predicted octanol–water partition coefficient (Wildman–Crippen LogP) is 3.95. The van der Waals surface area contributed by atoms with Crippen LogP contribution in [0.15, 0.2) is 22.7 Å². The Morgan fingerprint density at radius 2 is 2.24 bits per heavy atom. The molecule has 17 heavy (non-hydrogen) atoms. The fraction of sp³-hybridized carbons (Fsp3) is 0.417. The highest BCUT2D eigenvalue weighted by Crippen LogP contribution is 2.24. The number of hydrogen-bond donors (Lipinski definition) is 0. The highest BCUT2D eigenvalue weighted by atomic mass is 79.9. The van der Waals surface area contributed by atoms with Crippen molar-refractivity contribution < 1.29 is 4.79 Å². The molecular formula is C12H12BrCl2NO. The van der Waals surface area contributed by atoms with E-state index in [0.717, 1.165) is 23.9 Å². The SMILES string of the molecule is O=C(c1ccc(Br)cc1Cl)N1CCCC(Cl)C1. The van der Waals surface area contributed by atoms with Crippen molar-refractivity contribution in [3.63, 3.8) is 0 Å². The lowest BCUT2D eigenvalue weighted by Gasteiger charge is -2.30. The van der Waals surface area contributed by atoms with Gasteiger partial charge < -0.3 is 4.90 Å². The van der Waals surface area contributed by atoms with Crippen LogP contribution in [0.1, 0.15) is 23.2 Å². The predicted molar refractivity (Wildman–Crippen MR) is 73.9 cm³/mol. The summed E-state index contributed by atoms with van der Waals surface area (Å²) in [5.41, 5.74) is 0.542. The Morgan fingerprint density at radius 1 is 1.47 bits per heavy atom. The Kier molecular flexibility index (Phi) is 4.34. The highest BCUT2D eigenvalue weighted by Gasteiger charge is 2.24. The van der Waals surface area contributed by atoms with Crippen molar-refractivity contribution in [2.24, 2.45) is 0 Å². The molecule has 5 heteroatoms. The molecule has 0 aromatic heterocycles. The van der Waals surface area contributed by atoms with E-state index in [1.54, 1.807) is 17.0 Å². The van der Waals surface area contributed by atoms with E-state index in [1.165, 1.54) is 0 Å². The van der Waals surface area contributed by atoms with E-state index in [-0.39, 0.29) is 11.3 Å². The molecular weight excluding hydrogens is 325 g/mol. The molecule has 0 saturated carbocycles. The number of nitrogens with zero attached hydrogens (tertiary/aromatic N) is 1. The van der Waals surface area contributed by atoms with E-state index < -0.39 is 0 Å². The van der Waals surface area contributed by atoms with Crippen molar-refractivity contribution in [2.75, 3.05) is 13.1 Å². The van der Waals surface area contributed by atoms with Crippen LogP contribution in [0.5, 0.6) is 0 Å². The lowest BCUT2D eigenvalue weighted by Crippen LogP contribution is -2.40. The standard InChI is InChI=1S/C12H12BrCl2NO/c13-8-3-4-10(11(15)6-8)12(17)16-5-1-2-9(14)7-16/h3-4,6,9H,1-2,5,7H2. The summed E-state index contributed by atoms with van der Waals surface area (Å²) in [5.74, 6) is -0.0344. The molecule has 0 N–H and O–H groups in total. The summed E-state index contributed by atoms with van der Waals surface area (Å²) >= 11 is 15.5. The van der Waals surface area contributed by atoms with Crippen LogP contribution < -0.4 is 0 Å². The zero-order valence-electron chi connectivity index (χ0n) is 9.13. The molecule has 1 unspecified atom stereocenters. The van der Waals surface area contributed by atoms with Gasteiger partial charge in [-0.25, -0.2) is 0 Å². The normalized spacial score (nSPS) is 20.4. The number of likely N-dealkylation sites (tertiary alicyclic amines) is 1.